The molecule has 4 nitrogen and oxygen atoms in total. The molecule has 0 saturated heterocycles. The molecule has 1 aromatic rings. The summed E-state index contributed by atoms with van der Waals surface area (Å²) in [5.74, 6) is -3.49. The minimum absolute atomic E-state index is 0.0127. The van der Waals surface area contributed by atoms with Crippen molar-refractivity contribution >= 4 is 11.9 Å². The lowest BCUT2D eigenvalue weighted by atomic mass is 9.95. The Labute approximate surface area is 104 Å². The van der Waals surface area contributed by atoms with E-state index in [2.05, 4.69) is 11.9 Å². The van der Waals surface area contributed by atoms with Gasteiger partial charge in [0.05, 0.1) is 5.92 Å². The summed E-state index contributed by atoms with van der Waals surface area (Å²) in [5.41, 5.74) is 0.0127. The van der Waals surface area contributed by atoms with Crippen LogP contribution < -0.4 is 5.32 Å². The number of amides is 1. The molecule has 0 aliphatic carbocycles. The Kier molecular flexibility index (Phi) is 5.05. The van der Waals surface area contributed by atoms with E-state index in [1.807, 2.05) is 0 Å². The van der Waals surface area contributed by atoms with E-state index in [1.54, 1.807) is 0 Å². The Balaban J connectivity index is 2.84. The lowest BCUT2D eigenvalue weighted by molar-refractivity contribution is -0.140. The van der Waals surface area contributed by atoms with Crippen LogP contribution >= 0.6 is 0 Å². The molecule has 1 aromatic carbocycles. The number of hydrogen-bond donors (Lipinski definition) is 2. The number of nitrogens with one attached hydrogen (secondary N) is 1. The van der Waals surface area contributed by atoms with Crippen molar-refractivity contribution < 1.29 is 19.1 Å². The fourth-order valence-electron chi connectivity index (χ4n) is 1.53. The summed E-state index contributed by atoms with van der Waals surface area (Å²) in [6, 6.07) is 5.55. The second-order valence-electron chi connectivity index (χ2n) is 3.71. The molecule has 0 radical (unpaired) electrons. The van der Waals surface area contributed by atoms with Gasteiger partial charge in [-0.1, -0.05) is 24.3 Å². The highest BCUT2D eigenvalue weighted by Gasteiger charge is 2.25. The second-order valence-corrected chi connectivity index (χ2v) is 3.71. The Bertz CT molecular complexity index is 459. The lowest BCUT2D eigenvalue weighted by Gasteiger charge is -2.13. The third-order valence-electron chi connectivity index (χ3n) is 2.41. The number of carbonyl (C=O) groups excluding carboxylic acids is 1. The monoisotopic (exact) mass is 251 g/mol. The van der Waals surface area contributed by atoms with E-state index in [9.17, 15) is 14.0 Å². The van der Waals surface area contributed by atoms with Crippen molar-refractivity contribution in [2.24, 2.45) is 0 Å². The number of hydrogen-bond acceptors (Lipinski definition) is 2. The van der Waals surface area contributed by atoms with Gasteiger partial charge in [0.25, 0.3) is 0 Å². The fourth-order valence-corrected chi connectivity index (χ4v) is 1.53. The van der Waals surface area contributed by atoms with Crippen LogP contribution in [0, 0.1) is 5.82 Å². The molecule has 0 spiro atoms. The van der Waals surface area contributed by atoms with Gasteiger partial charge in [0.15, 0.2) is 0 Å². The minimum Gasteiger partial charge on any atom is -0.481 e. The SMILES string of the molecule is C=CCNC(=O)CC(C(=O)O)c1ccccc1F. The average molecular weight is 251 g/mol. The maximum Gasteiger partial charge on any atom is 0.311 e. The summed E-state index contributed by atoms with van der Waals surface area (Å²) < 4.78 is 13.5. The number of aliphatic carboxylic acids is 1. The Morgan fingerprint density at radius 3 is 2.67 bits per heavy atom. The largest absolute Gasteiger partial charge is 0.481 e. The first-order chi connectivity index (χ1) is 8.56. The predicted molar refractivity (Wildman–Crippen MR) is 64.6 cm³/mol. The highest BCUT2D eigenvalue weighted by molar-refractivity contribution is 5.85. The van der Waals surface area contributed by atoms with E-state index in [0.29, 0.717) is 0 Å². The van der Waals surface area contributed by atoms with Crippen LogP contribution in [-0.4, -0.2) is 23.5 Å². The average Bonchev–Trinajstić information content (AvgIpc) is 2.34. The molecule has 1 unspecified atom stereocenters. The maximum absolute atomic E-state index is 13.5. The molecule has 1 amide bonds. The summed E-state index contributed by atoms with van der Waals surface area (Å²) in [5, 5.41) is 11.5. The molecular weight excluding hydrogens is 237 g/mol. The van der Waals surface area contributed by atoms with Crippen LogP contribution in [-0.2, 0) is 9.59 Å². The quantitative estimate of drug-likeness (QED) is 0.756. The van der Waals surface area contributed by atoms with E-state index < -0.39 is 23.6 Å². The van der Waals surface area contributed by atoms with Crippen LogP contribution in [0.4, 0.5) is 4.39 Å². The zero-order chi connectivity index (χ0) is 13.5. The first kappa shape index (κ1) is 13.9. The zero-order valence-corrected chi connectivity index (χ0v) is 9.73. The van der Waals surface area contributed by atoms with Crippen LogP contribution in [0.25, 0.3) is 0 Å². The van der Waals surface area contributed by atoms with Gasteiger partial charge in [0, 0.05) is 18.5 Å². The number of rotatable bonds is 6. The molecule has 18 heavy (non-hydrogen) atoms. The topological polar surface area (TPSA) is 66.4 Å². The standard InChI is InChI=1S/C13H14FNO3/c1-2-7-15-12(16)8-10(13(17)18)9-5-3-4-6-11(9)14/h2-6,10H,1,7-8H2,(H,15,16)(H,17,18). The molecular formula is C13H14FNO3. The van der Waals surface area contributed by atoms with Gasteiger partial charge in [-0.15, -0.1) is 6.58 Å². The Hall–Kier alpha value is -2.17. The van der Waals surface area contributed by atoms with Crippen molar-refractivity contribution in [1.29, 1.82) is 0 Å². The Morgan fingerprint density at radius 1 is 1.44 bits per heavy atom. The minimum atomic E-state index is -1.23. The smallest absolute Gasteiger partial charge is 0.311 e. The predicted octanol–water partition coefficient (Wildman–Crippen LogP) is 1.69. The van der Waals surface area contributed by atoms with E-state index in [4.69, 9.17) is 5.11 Å². The van der Waals surface area contributed by atoms with E-state index in [-0.39, 0.29) is 18.5 Å². The number of benzene rings is 1. The van der Waals surface area contributed by atoms with E-state index in [1.165, 1.54) is 30.3 Å². The molecule has 5 heteroatoms. The molecule has 1 rings (SSSR count). The number of carboxylic acids is 1. The summed E-state index contributed by atoms with van der Waals surface area (Å²) in [6.07, 6.45) is 1.18. The third kappa shape index (κ3) is 3.69. The van der Waals surface area contributed by atoms with Gasteiger partial charge in [-0.25, -0.2) is 4.39 Å². The molecule has 1 atom stereocenters. The highest BCUT2D eigenvalue weighted by atomic mass is 19.1. The molecule has 2 N–H and O–H groups in total. The van der Waals surface area contributed by atoms with Crippen molar-refractivity contribution in [2.75, 3.05) is 6.54 Å². The van der Waals surface area contributed by atoms with Crippen LogP contribution in [0.15, 0.2) is 36.9 Å². The van der Waals surface area contributed by atoms with Crippen molar-refractivity contribution in [3.63, 3.8) is 0 Å². The summed E-state index contributed by atoms with van der Waals surface area (Å²) in [4.78, 5) is 22.6. The van der Waals surface area contributed by atoms with Crippen molar-refractivity contribution in [3.8, 4) is 0 Å². The van der Waals surface area contributed by atoms with Gasteiger partial charge in [0.2, 0.25) is 5.91 Å². The van der Waals surface area contributed by atoms with Crippen LogP contribution in [0.5, 0.6) is 0 Å². The molecule has 96 valence electrons. The molecule has 0 aliphatic rings. The van der Waals surface area contributed by atoms with Crippen LogP contribution in [0.3, 0.4) is 0 Å². The number of carbonyl (C=O) groups is 2. The van der Waals surface area contributed by atoms with Gasteiger partial charge in [-0.3, -0.25) is 9.59 Å². The van der Waals surface area contributed by atoms with Crippen molar-refractivity contribution in [3.05, 3.63) is 48.3 Å². The zero-order valence-electron chi connectivity index (χ0n) is 9.73. The van der Waals surface area contributed by atoms with E-state index >= 15 is 0 Å². The van der Waals surface area contributed by atoms with Gasteiger partial charge < -0.3 is 10.4 Å². The molecule has 0 heterocycles. The number of carboxylic acid groups (broad SMARTS) is 1. The normalized spacial score (nSPS) is 11.6. The third-order valence-corrected chi connectivity index (χ3v) is 2.41. The first-order valence-electron chi connectivity index (χ1n) is 5.41. The van der Waals surface area contributed by atoms with Gasteiger partial charge in [-0.05, 0) is 6.07 Å². The summed E-state index contributed by atoms with van der Waals surface area (Å²) in [7, 11) is 0. The van der Waals surface area contributed by atoms with Crippen molar-refractivity contribution in [1.82, 2.24) is 5.32 Å². The molecule has 0 fully saturated rings. The molecule has 0 aromatic heterocycles. The van der Waals surface area contributed by atoms with Gasteiger partial charge in [-0.2, -0.15) is 0 Å². The lowest BCUT2D eigenvalue weighted by Crippen LogP contribution is -2.27. The van der Waals surface area contributed by atoms with Crippen LogP contribution in [0.2, 0.25) is 0 Å². The van der Waals surface area contributed by atoms with Crippen molar-refractivity contribution in [2.45, 2.75) is 12.3 Å². The summed E-state index contributed by atoms with van der Waals surface area (Å²) in [6.45, 7) is 3.68. The maximum atomic E-state index is 13.5. The van der Waals surface area contributed by atoms with Crippen LogP contribution in [0.1, 0.15) is 17.9 Å². The second kappa shape index (κ2) is 6.54. The highest BCUT2D eigenvalue weighted by Crippen LogP contribution is 2.22. The number of halogens is 1. The van der Waals surface area contributed by atoms with E-state index in [0.717, 1.165) is 0 Å². The molecule has 0 aliphatic heterocycles. The molecule has 0 bridgehead atoms. The van der Waals surface area contributed by atoms with Gasteiger partial charge in [0.1, 0.15) is 5.82 Å². The summed E-state index contributed by atoms with van der Waals surface area (Å²) >= 11 is 0. The fraction of sp³-hybridized carbons (Fsp3) is 0.231. The van der Waals surface area contributed by atoms with Gasteiger partial charge >= 0.3 is 5.97 Å². The Morgan fingerprint density at radius 2 is 2.11 bits per heavy atom. The molecule has 0 saturated carbocycles. The first-order valence-corrected chi connectivity index (χ1v) is 5.41.